The first-order valence-corrected chi connectivity index (χ1v) is 9.72. The van der Waals surface area contributed by atoms with Crippen LogP contribution < -0.4 is 5.73 Å². The molecule has 1 aliphatic rings. The van der Waals surface area contributed by atoms with Crippen LogP contribution in [0.2, 0.25) is 0 Å². The molecule has 0 radical (unpaired) electrons. The van der Waals surface area contributed by atoms with Crippen molar-refractivity contribution in [2.24, 2.45) is 5.73 Å². The molecule has 1 aliphatic heterocycles. The maximum absolute atomic E-state index is 13.4. The summed E-state index contributed by atoms with van der Waals surface area (Å²) in [6.45, 7) is 3.77. The van der Waals surface area contributed by atoms with E-state index in [4.69, 9.17) is 5.73 Å². The zero-order chi connectivity index (χ0) is 19.5. The van der Waals surface area contributed by atoms with Crippen molar-refractivity contribution in [1.82, 2.24) is 9.80 Å². The fourth-order valence-electron chi connectivity index (χ4n) is 4.31. The Morgan fingerprint density at radius 2 is 1.48 bits per heavy atom. The van der Waals surface area contributed by atoms with E-state index in [9.17, 15) is 4.79 Å². The number of piperidine rings is 1. The summed E-state index contributed by atoms with van der Waals surface area (Å²) < 4.78 is 0. The van der Waals surface area contributed by atoms with E-state index in [0.717, 1.165) is 31.5 Å². The van der Waals surface area contributed by atoms with Crippen molar-refractivity contribution in [3.05, 3.63) is 71.8 Å². The van der Waals surface area contributed by atoms with E-state index in [-0.39, 0.29) is 36.3 Å². The molecule has 3 rings (SSSR count). The van der Waals surface area contributed by atoms with Gasteiger partial charge in [0.15, 0.2) is 0 Å². The second kappa shape index (κ2) is 10.4. The van der Waals surface area contributed by atoms with Crippen LogP contribution in [0.15, 0.2) is 60.7 Å². The van der Waals surface area contributed by atoms with Crippen molar-refractivity contribution >= 4 is 30.7 Å². The van der Waals surface area contributed by atoms with Crippen LogP contribution in [0.4, 0.5) is 0 Å². The maximum Gasteiger partial charge on any atom is 0.234 e. The lowest BCUT2D eigenvalue weighted by atomic mass is 9.77. The Morgan fingerprint density at radius 1 is 1.00 bits per heavy atom. The molecular formula is C23H33Cl2N3O. The molecule has 0 aliphatic carbocycles. The minimum Gasteiger partial charge on any atom is -0.342 e. The van der Waals surface area contributed by atoms with E-state index in [0.29, 0.717) is 6.54 Å². The van der Waals surface area contributed by atoms with Gasteiger partial charge in [-0.1, -0.05) is 60.7 Å². The SMILES string of the molecule is CN(C)C1(c2ccccc2)CCN(C(=O)C(C)(CN)c2ccccc2)CC1.Cl.Cl. The number of benzene rings is 2. The lowest BCUT2D eigenvalue weighted by Gasteiger charge is -2.48. The van der Waals surface area contributed by atoms with Crippen molar-refractivity contribution in [3.63, 3.8) is 0 Å². The maximum atomic E-state index is 13.4. The highest BCUT2D eigenvalue weighted by Gasteiger charge is 2.43. The summed E-state index contributed by atoms with van der Waals surface area (Å²) >= 11 is 0. The van der Waals surface area contributed by atoms with Crippen molar-refractivity contribution in [2.45, 2.75) is 30.7 Å². The molecule has 2 N–H and O–H groups in total. The van der Waals surface area contributed by atoms with Gasteiger partial charge in [0.1, 0.15) is 0 Å². The zero-order valence-corrected chi connectivity index (χ0v) is 19.1. The summed E-state index contributed by atoms with van der Waals surface area (Å²) in [5, 5.41) is 0. The predicted octanol–water partition coefficient (Wildman–Crippen LogP) is 3.83. The molecule has 1 heterocycles. The Hall–Kier alpha value is -1.59. The number of nitrogens with two attached hydrogens (primary N) is 1. The van der Waals surface area contributed by atoms with Crippen molar-refractivity contribution < 1.29 is 4.79 Å². The smallest absolute Gasteiger partial charge is 0.234 e. The first-order chi connectivity index (χ1) is 12.9. The standard InChI is InChI=1S/C23H31N3O.2ClH/c1-22(18-24,19-10-6-4-7-11-19)21(27)26-16-14-23(15-17-26,25(2)3)20-12-8-5-9-13-20;;/h4-13H,14-18,24H2,1-3H3;2*1H. The van der Waals surface area contributed by atoms with Gasteiger partial charge in [0.2, 0.25) is 5.91 Å². The van der Waals surface area contributed by atoms with E-state index >= 15 is 0 Å². The zero-order valence-electron chi connectivity index (χ0n) is 17.5. The van der Waals surface area contributed by atoms with Crippen LogP contribution in [0, 0.1) is 0 Å². The van der Waals surface area contributed by atoms with Gasteiger partial charge in [-0.3, -0.25) is 9.69 Å². The lowest BCUT2D eigenvalue weighted by Crippen LogP contribution is -2.56. The van der Waals surface area contributed by atoms with Gasteiger partial charge >= 0.3 is 0 Å². The van der Waals surface area contributed by atoms with Gasteiger partial charge in [-0.25, -0.2) is 0 Å². The van der Waals surface area contributed by atoms with Gasteiger partial charge in [-0.15, -0.1) is 24.8 Å². The topological polar surface area (TPSA) is 49.6 Å². The fraction of sp³-hybridized carbons (Fsp3) is 0.435. The van der Waals surface area contributed by atoms with E-state index in [1.165, 1.54) is 5.56 Å². The molecule has 6 heteroatoms. The van der Waals surface area contributed by atoms with Gasteiger partial charge in [0.25, 0.3) is 0 Å². The number of carbonyl (C=O) groups is 1. The molecule has 0 aromatic heterocycles. The van der Waals surface area contributed by atoms with Crippen LogP contribution >= 0.6 is 24.8 Å². The number of rotatable bonds is 5. The highest BCUT2D eigenvalue weighted by atomic mass is 35.5. The van der Waals surface area contributed by atoms with Crippen LogP contribution in [0.25, 0.3) is 0 Å². The number of carbonyl (C=O) groups excluding carboxylic acids is 1. The van der Waals surface area contributed by atoms with Gasteiger partial charge in [0.05, 0.1) is 5.41 Å². The van der Waals surface area contributed by atoms with E-state index < -0.39 is 5.41 Å². The third-order valence-corrected chi connectivity index (χ3v) is 6.34. The molecule has 160 valence electrons. The minimum atomic E-state index is -0.674. The number of hydrogen-bond donors (Lipinski definition) is 1. The highest BCUT2D eigenvalue weighted by Crippen LogP contribution is 2.38. The monoisotopic (exact) mass is 437 g/mol. The quantitative estimate of drug-likeness (QED) is 0.772. The molecule has 0 saturated carbocycles. The fourth-order valence-corrected chi connectivity index (χ4v) is 4.31. The highest BCUT2D eigenvalue weighted by molar-refractivity contribution is 5.88. The summed E-state index contributed by atoms with van der Waals surface area (Å²) in [7, 11) is 4.27. The van der Waals surface area contributed by atoms with Crippen LogP contribution in [-0.4, -0.2) is 49.4 Å². The largest absolute Gasteiger partial charge is 0.342 e. The minimum absolute atomic E-state index is 0. The number of amides is 1. The number of halogens is 2. The Labute approximate surface area is 187 Å². The average Bonchev–Trinajstić information content (AvgIpc) is 2.73. The van der Waals surface area contributed by atoms with Gasteiger partial charge in [0, 0.05) is 25.2 Å². The Bertz CT molecular complexity index is 762. The van der Waals surface area contributed by atoms with E-state index in [1.807, 2.05) is 42.2 Å². The molecule has 0 spiro atoms. The predicted molar refractivity (Wildman–Crippen MR) is 125 cm³/mol. The Balaban J connectivity index is 0.00000210. The first-order valence-electron chi connectivity index (χ1n) is 9.72. The Kier molecular flexibility index (Phi) is 9.16. The van der Waals surface area contributed by atoms with Gasteiger partial charge in [-0.05, 0) is 45.0 Å². The van der Waals surface area contributed by atoms with Crippen LogP contribution in [0.1, 0.15) is 30.9 Å². The molecule has 0 bridgehead atoms. The van der Waals surface area contributed by atoms with Crippen molar-refractivity contribution in [1.29, 1.82) is 0 Å². The number of hydrogen-bond acceptors (Lipinski definition) is 3. The summed E-state index contributed by atoms with van der Waals surface area (Å²) in [5.41, 5.74) is 7.70. The Morgan fingerprint density at radius 3 is 1.93 bits per heavy atom. The molecule has 1 fully saturated rings. The number of likely N-dealkylation sites (tertiary alicyclic amines) is 1. The molecule has 1 amide bonds. The molecule has 2 aromatic carbocycles. The van der Waals surface area contributed by atoms with Crippen LogP contribution in [0.3, 0.4) is 0 Å². The van der Waals surface area contributed by atoms with Gasteiger partial charge < -0.3 is 10.6 Å². The third-order valence-electron chi connectivity index (χ3n) is 6.34. The third kappa shape index (κ3) is 4.77. The molecule has 2 aromatic rings. The van der Waals surface area contributed by atoms with Crippen molar-refractivity contribution in [2.75, 3.05) is 33.7 Å². The second-order valence-electron chi connectivity index (χ2n) is 7.99. The molecular weight excluding hydrogens is 405 g/mol. The van der Waals surface area contributed by atoms with Crippen LogP contribution in [-0.2, 0) is 15.7 Å². The first kappa shape index (κ1) is 25.4. The summed E-state index contributed by atoms with van der Waals surface area (Å²) in [6, 6.07) is 20.6. The molecule has 1 unspecified atom stereocenters. The van der Waals surface area contributed by atoms with E-state index in [2.05, 4.69) is 49.3 Å². The second-order valence-corrected chi connectivity index (χ2v) is 7.99. The van der Waals surface area contributed by atoms with Crippen LogP contribution in [0.5, 0.6) is 0 Å². The average molecular weight is 438 g/mol. The summed E-state index contributed by atoms with van der Waals surface area (Å²) in [5.74, 6) is 0.136. The summed E-state index contributed by atoms with van der Waals surface area (Å²) in [6.07, 6.45) is 1.84. The van der Waals surface area contributed by atoms with Crippen molar-refractivity contribution in [3.8, 4) is 0 Å². The molecule has 4 nitrogen and oxygen atoms in total. The van der Waals surface area contributed by atoms with Gasteiger partial charge in [-0.2, -0.15) is 0 Å². The molecule has 1 saturated heterocycles. The normalized spacial score (nSPS) is 17.6. The summed E-state index contributed by atoms with van der Waals surface area (Å²) in [4.78, 5) is 17.7. The lowest BCUT2D eigenvalue weighted by molar-refractivity contribution is -0.139. The molecule has 1 atom stereocenters. The molecule has 29 heavy (non-hydrogen) atoms. The number of nitrogens with zero attached hydrogens (tertiary/aromatic N) is 2. The van der Waals surface area contributed by atoms with E-state index in [1.54, 1.807) is 0 Å².